The van der Waals surface area contributed by atoms with Crippen molar-refractivity contribution in [3.05, 3.63) is 212 Å². The van der Waals surface area contributed by atoms with Gasteiger partial charge in [0.25, 0.3) is 0 Å². The first-order chi connectivity index (χ1) is 28.3. The number of fused-ring (bicyclic) bond motifs is 11. The Morgan fingerprint density at radius 3 is 1.00 bits per heavy atom. The molecule has 0 amide bonds. The van der Waals surface area contributed by atoms with Crippen molar-refractivity contribution in [3.63, 3.8) is 0 Å². The molecular weight excluding hydrogens is 691 g/mol. The normalized spacial score (nSPS) is 11.9. The summed E-state index contributed by atoms with van der Waals surface area (Å²) in [6, 6.07) is 77.3. The molecule has 0 unspecified atom stereocenters. The molecule has 0 fully saturated rings. The van der Waals surface area contributed by atoms with Gasteiger partial charge in [-0.25, -0.2) is 0 Å². The maximum atomic E-state index is 2.54. The molecule has 3 heteroatoms. The van der Waals surface area contributed by atoms with Gasteiger partial charge in [0.05, 0.1) is 33.1 Å². The van der Waals surface area contributed by atoms with Gasteiger partial charge < -0.3 is 13.7 Å². The van der Waals surface area contributed by atoms with E-state index in [9.17, 15) is 0 Å². The van der Waals surface area contributed by atoms with Gasteiger partial charge in [0.1, 0.15) is 0 Å². The molecule has 0 aliphatic carbocycles. The molecular formula is C54H35N3. The van der Waals surface area contributed by atoms with E-state index < -0.39 is 0 Å². The van der Waals surface area contributed by atoms with Crippen molar-refractivity contribution in [2.24, 2.45) is 0 Å². The Morgan fingerprint density at radius 1 is 0.211 bits per heavy atom. The minimum atomic E-state index is 1.14. The number of rotatable bonds is 5. The molecule has 12 rings (SSSR count). The number of benzene rings is 9. The second-order valence-electron chi connectivity index (χ2n) is 14.9. The van der Waals surface area contributed by atoms with E-state index in [1.807, 2.05) is 0 Å². The first-order valence-corrected chi connectivity index (χ1v) is 19.6. The molecule has 0 aliphatic rings. The Balaban J connectivity index is 1.17. The van der Waals surface area contributed by atoms with Crippen LogP contribution in [-0.4, -0.2) is 13.7 Å². The lowest BCUT2D eigenvalue weighted by atomic mass is 10.1. The third-order valence-electron chi connectivity index (χ3n) is 11.8. The zero-order valence-corrected chi connectivity index (χ0v) is 31.0. The third-order valence-corrected chi connectivity index (χ3v) is 11.8. The minimum Gasteiger partial charge on any atom is -0.309 e. The largest absolute Gasteiger partial charge is 0.309 e. The highest BCUT2D eigenvalue weighted by Crippen LogP contribution is 2.46. The summed E-state index contributed by atoms with van der Waals surface area (Å²) in [4.78, 5) is 0. The minimum absolute atomic E-state index is 1.14. The number of aromatic nitrogens is 3. The molecule has 0 bridgehead atoms. The van der Waals surface area contributed by atoms with Crippen LogP contribution in [0.2, 0.25) is 0 Å². The van der Waals surface area contributed by atoms with Crippen molar-refractivity contribution in [2.45, 2.75) is 0 Å². The van der Waals surface area contributed by atoms with Crippen LogP contribution >= 0.6 is 0 Å². The van der Waals surface area contributed by atoms with Crippen LogP contribution in [0.25, 0.3) is 105 Å². The Morgan fingerprint density at radius 2 is 0.561 bits per heavy atom. The lowest BCUT2D eigenvalue weighted by Crippen LogP contribution is -1.96. The van der Waals surface area contributed by atoms with Crippen molar-refractivity contribution in [3.8, 4) is 39.3 Å². The average molecular weight is 726 g/mol. The lowest BCUT2D eigenvalue weighted by Gasteiger charge is -2.11. The molecule has 9 aromatic carbocycles. The van der Waals surface area contributed by atoms with Crippen LogP contribution in [0.4, 0.5) is 0 Å². The number of para-hydroxylation sites is 3. The van der Waals surface area contributed by atoms with Crippen molar-refractivity contribution in [1.82, 2.24) is 13.7 Å². The lowest BCUT2D eigenvalue weighted by molar-refractivity contribution is 1.17. The van der Waals surface area contributed by atoms with Crippen LogP contribution in [0.1, 0.15) is 0 Å². The summed E-state index contributed by atoms with van der Waals surface area (Å²) >= 11 is 0. The molecule has 0 spiro atoms. The summed E-state index contributed by atoms with van der Waals surface area (Å²) in [6.07, 6.45) is 0. The zero-order chi connectivity index (χ0) is 37.5. The first kappa shape index (κ1) is 31.7. The van der Waals surface area contributed by atoms with Crippen LogP contribution in [0.5, 0.6) is 0 Å². The van der Waals surface area contributed by atoms with Crippen LogP contribution in [0.15, 0.2) is 212 Å². The fourth-order valence-electron chi connectivity index (χ4n) is 9.35. The van der Waals surface area contributed by atoms with Crippen LogP contribution in [0, 0.1) is 0 Å². The molecule has 3 nitrogen and oxygen atoms in total. The molecule has 57 heavy (non-hydrogen) atoms. The summed E-state index contributed by atoms with van der Waals surface area (Å²) in [7, 11) is 0. The quantitative estimate of drug-likeness (QED) is 0.168. The number of hydrogen-bond donors (Lipinski definition) is 0. The monoisotopic (exact) mass is 725 g/mol. The summed E-state index contributed by atoms with van der Waals surface area (Å²) in [6.45, 7) is 0. The average Bonchev–Trinajstić information content (AvgIpc) is 3.93. The highest BCUT2D eigenvalue weighted by molar-refractivity contribution is 6.31. The molecule has 0 atom stereocenters. The van der Waals surface area contributed by atoms with E-state index >= 15 is 0 Å². The van der Waals surface area contributed by atoms with Gasteiger partial charge in [0, 0.05) is 49.4 Å². The summed E-state index contributed by atoms with van der Waals surface area (Å²) < 4.78 is 7.42. The third kappa shape index (κ3) is 4.73. The maximum absolute atomic E-state index is 2.54. The summed E-state index contributed by atoms with van der Waals surface area (Å²) in [5.41, 5.74) is 15.5. The van der Waals surface area contributed by atoms with E-state index in [4.69, 9.17) is 0 Å². The second-order valence-corrected chi connectivity index (χ2v) is 14.9. The maximum Gasteiger partial charge on any atom is 0.0641 e. The molecule has 3 aromatic heterocycles. The van der Waals surface area contributed by atoms with Gasteiger partial charge in [-0.2, -0.15) is 0 Å². The predicted octanol–water partition coefficient (Wildman–Crippen LogP) is 14.3. The molecule has 266 valence electrons. The molecule has 12 aromatic rings. The molecule has 0 saturated heterocycles. The van der Waals surface area contributed by atoms with E-state index in [-0.39, 0.29) is 0 Å². The van der Waals surface area contributed by atoms with Gasteiger partial charge in [-0.15, -0.1) is 0 Å². The van der Waals surface area contributed by atoms with Crippen LogP contribution < -0.4 is 0 Å². The fraction of sp³-hybridized carbons (Fsp3) is 0. The van der Waals surface area contributed by atoms with Crippen molar-refractivity contribution < 1.29 is 0 Å². The van der Waals surface area contributed by atoms with Crippen molar-refractivity contribution in [1.29, 1.82) is 0 Å². The highest BCUT2D eigenvalue weighted by atomic mass is 15.0. The van der Waals surface area contributed by atoms with E-state index in [2.05, 4.69) is 226 Å². The standard InChI is InChI=1S/C54H35N3/c1-4-14-36(15-5-1)38-24-28-41(29-25-38)55-47-22-12-10-20-45(47)51-49(55)34-32-43-44-33-35-50-52(54(44)57(53(43)51)40-18-8-3-9-19-40)46-21-11-13-23-48(46)56(50)42-30-26-39(27-31-42)37-16-6-2-7-17-37/h1-35H. The van der Waals surface area contributed by atoms with Gasteiger partial charge in [-0.1, -0.05) is 152 Å². The molecule has 0 saturated carbocycles. The fourth-order valence-corrected chi connectivity index (χ4v) is 9.35. The van der Waals surface area contributed by atoms with Gasteiger partial charge in [0.2, 0.25) is 0 Å². The first-order valence-electron chi connectivity index (χ1n) is 19.6. The van der Waals surface area contributed by atoms with Gasteiger partial charge >= 0.3 is 0 Å². The van der Waals surface area contributed by atoms with Crippen molar-refractivity contribution in [2.75, 3.05) is 0 Å². The van der Waals surface area contributed by atoms with E-state index in [0.29, 0.717) is 0 Å². The Labute approximate surface area is 329 Å². The van der Waals surface area contributed by atoms with E-state index in [1.165, 1.54) is 87.7 Å². The Hall–Kier alpha value is -7.62. The van der Waals surface area contributed by atoms with Gasteiger partial charge in [-0.3, -0.25) is 0 Å². The predicted molar refractivity (Wildman–Crippen MR) is 240 cm³/mol. The van der Waals surface area contributed by atoms with Crippen LogP contribution in [-0.2, 0) is 0 Å². The van der Waals surface area contributed by atoms with Crippen LogP contribution in [0.3, 0.4) is 0 Å². The number of hydrogen-bond acceptors (Lipinski definition) is 0. The van der Waals surface area contributed by atoms with Crippen molar-refractivity contribution >= 4 is 65.4 Å². The highest BCUT2D eigenvalue weighted by Gasteiger charge is 2.24. The van der Waals surface area contributed by atoms with E-state index in [1.54, 1.807) is 0 Å². The summed E-state index contributed by atoms with van der Waals surface area (Å²) in [5.74, 6) is 0. The molecule has 0 radical (unpaired) electrons. The topological polar surface area (TPSA) is 14.8 Å². The Kier molecular flexibility index (Phi) is 6.93. The van der Waals surface area contributed by atoms with E-state index in [0.717, 1.165) is 17.1 Å². The number of nitrogens with zero attached hydrogens (tertiary/aromatic N) is 3. The SMILES string of the molecule is c1ccc(-c2ccc(-n3c4ccccc4c4c3ccc3c5ccc6c(c7ccccc7n6-c6ccc(-c7ccccc7)cc6)c5n(-c5ccccc5)c34)cc2)cc1. The Bertz CT molecular complexity index is 3250. The molecule has 3 heterocycles. The summed E-state index contributed by atoms with van der Waals surface area (Å²) in [5, 5.41) is 7.47. The molecule has 0 N–H and O–H groups in total. The van der Waals surface area contributed by atoms with Gasteiger partial charge in [-0.05, 0) is 82.9 Å². The second kappa shape index (κ2) is 12.5. The zero-order valence-electron chi connectivity index (χ0n) is 31.0. The smallest absolute Gasteiger partial charge is 0.0641 e. The molecule has 0 aliphatic heterocycles. The van der Waals surface area contributed by atoms with Gasteiger partial charge in [0.15, 0.2) is 0 Å².